The smallest absolute Gasteiger partial charge is 0.147 e. The Morgan fingerprint density at radius 3 is 2.57 bits per heavy atom. The number of aryl methyl sites for hydroxylation is 1. The van der Waals surface area contributed by atoms with Crippen molar-refractivity contribution in [2.75, 3.05) is 36.0 Å². The molecule has 1 aromatic carbocycles. The topological polar surface area (TPSA) is 52.5 Å². The molecular formula is C16H20N4O. The monoisotopic (exact) mass is 284 g/mol. The Morgan fingerprint density at radius 2 is 1.86 bits per heavy atom. The first-order valence-corrected chi connectivity index (χ1v) is 7.24. The summed E-state index contributed by atoms with van der Waals surface area (Å²) in [5.41, 5.74) is 3.19. The SMILES string of the molecule is Cc1cccc(N2CCN(c3cncc(CO)n3)CC2)c1. The number of aromatic nitrogens is 2. The Bertz CT molecular complexity index is 609. The number of piperazine rings is 1. The first kappa shape index (κ1) is 13.8. The van der Waals surface area contributed by atoms with Crippen LogP contribution in [0.2, 0.25) is 0 Å². The van der Waals surface area contributed by atoms with Gasteiger partial charge in [0.25, 0.3) is 0 Å². The highest BCUT2D eigenvalue weighted by Crippen LogP contribution is 2.20. The molecule has 2 aromatic rings. The van der Waals surface area contributed by atoms with Gasteiger partial charge in [-0.1, -0.05) is 12.1 Å². The summed E-state index contributed by atoms with van der Waals surface area (Å²) in [5, 5.41) is 9.15. The molecule has 5 heteroatoms. The van der Waals surface area contributed by atoms with Gasteiger partial charge in [0.05, 0.1) is 24.7 Å². The average Bonchev–Trinajstić information content (AvgIpc) is 2.55. The molecule has 3 rings (SSSR count). The van der Waals surface area contributed by atoms with Crippen molar-refractivity contribution in [2.24, 2.45) is 0 Å². The standard InChI is InChI=1S/C16H20N4O/c1-13-3-2-4-15(9-13)19-5-7-20(8-6-19)16-11-17-10-14(12-21)18-16/h2-4,9-11,21H,5-8,12H2,1H3. The number of benzene rings is 1. The first-order valence-electron chi connectivity index (χ1n) is 7.24. The van der Waals surface area contributed by atoms with E-state index in [2.05, 4.69) is 51.0 Å². The number of aliphatic hydroxyl groups excluding tert-OH is 1. The molecule has 1 aliphatic rings. The lowest BCUT2D eigenvalue weighted by atomic mass is 10.2. The van der Waals surface area contributed by atoms with E-state index < -0.39 is 0 Å². The summed E-state index contributed by atoms with van der Waals surface area (Å²) in [4.78, 5) is 13.2. The molecule has 1 N–H and O–H groups in total. The molecule has 0 radical (unpaired) electrons. The van der Waals surface area contributed by atoms with E-state index in [9.17, 15) is 0 Å². The Balaban J connectivity index is 1.67. The lowest BCUT2D eigenvalue weighted by Gasteiger charge is -2.36. The van der Waals surface area contributed by atoms with Gasteiger partial charge in [-0.25, -0.2) is 4.98 Å². The van der Waals surface area contributed by atoms with E-state index in [0.717, 1.165) is 32.0 Å². The van der Waals surface area contributed by atoms with E-state index in [0.29, 0.717) is 5.69 Å². The summed E-state index contributed by atoms with van der Waals surface area (Å²) in [7, 11) is 0. The zero-order valence-electron chi connectivity index (χ0n) is 12.2. The summed E-state index contributed by atoms with van der Waals surface area (Å²) in [6.07, 6.45) is 3.37. The fraction of sp³-hybridized carbons (Fsp3) is 0.375. The molecule has 1 fully saturated rings. The van der Waals surface area contributed by atoms with Gasteiger partial charge in [-0.2, -0.15) is 0 Å². The van der Waals surface area contributed by atoms with E-state index in [1.807, 2.05) is 0 Å². The van der Waals surface area contributed by atoms with E-state index in [-0.39, 0.29) is 6.61 Å². The fourth-order valence-corrected chi connectivity index (χ4v) is 2.64. The molecule has 5 nitrogen and oxygen atoms in total. The molecule has 0 unspecified atom stereocenters. The molecule has 0 aliphatic carbocycles. The number of hydrogen-bond donors (Lipinski definition) is 1. The highest BCUT2D eigenvalue weighted by Gasteiger charge is 2.18. The van der Waals surface area contributed by atoms with Crippen LogP contribution in [0.1, 0.15) is 11.3 Å². The van der Waals surface area contributed by atoms with Crippen LogP contribution < -0.4 is 9.80 Å². The van der Waals surface area contributed by atoms with Crippen molar-refractivity contribution in [1.29, 1.82) is 0 Å². The van der Waals surface area contributed by atoms with Crippen molar-refractivity contribution < 1.29 is 5.11 Å². The third-order valence-electron chi connectivity index (χ3n) is 3.80. The Labute approximate surface area is 124 Å². The zero-order chi connectivity index (χ0) is 14.7. The van der Waals surface area contributed by atoms with Crippen LogP contribution in [0.4, 0.5) is 11.5 Å². The molecule has 1 aliphatic heterocycles. The van der Waals surface area contributed by atoms with Crippen LogP contribution in [0.3, 0.4) is 0 Å². The second-order valence-corrected chi connectivity index (χ2v) is 5.34. The molecule has 21 heavy (non-hydrogen) atoms. The van der Waals surface area contributed by atoms with E-state index >= 15 is 0 Å². The maximum absolute atomic E-state index is 9.15. The number of rotatable bonds is 3. The van der Waals surface area contributed by atoms with Gasteiger partial charge in [0.2, 0.25) is 0 Å². The van der Waals surface area contributed by atoms with Crippen molar-refractivity contribution in [3.05, 3.63) is 47.9 Å². The Kier molecular flexibility index (Phi) is 4.01. The molecule has 0 bridgehead atoms. The number of hydrogen-bond acceptors (Lipinski definition) is 5. The number of anilines is 2. The van der Waals surface area contributed by atoms with Gasteiger partial charge in [-0.3, -0.25) is 4.98 Å². The number of nitrogens with zero attached hydrogens (tertiary/aromatic N) is 4. The van der Waals surface area contributed by atoms with Crippen LogP contribution in [0, 0.1) is 6.92 Å². The molecule has 0 atom stereocenters. The fourth-order valence-electron chi connectivity index (χ4n) is 2.64. The third-order valence-corrected chi connectivity index (χ3v) is 3.80. The number of aliphatic hydroxyl groups is 1. The highest BCUT2D eigenvalue weighted by atomic mass is 16.3. The van der Waals surface area contributed by atoms with Gasteiger partial charge in [0, 0.05) is 31.9 Å². The molecule has 2 heterocycles. The molecule has 0 amide bonds. The van der Waals surface area contributed by atoms with Gasteiger partial charge >= 0.3 is 0 Å². The maximum atomic E-state index is 9.15. The summed E-state index contributed by atoms with van der Waals surface area (Å²) < 4.78 is 0. The van der Waals surface area contributed by atoms with Crippen LogP contribution in [-0.4, -0.2) is 41.3 Å². The average molecular weight is 284 g/mol. The molecule has 0 saturated carbocycles. The lowest BCUT2D eigenvalue weighted by Crippen LogP contribution is -2.47. The van der Waals surface area contributed by atoms with Crippen molar-refractivity contribution >= 4 is 11.5 Å². The second kappa shape index (κ2) is 6.10. The minimum absolute atomic E-state index is 0.0654. The lowest BCUT2D eigenvalue weighted by molar-refractivity contribution is 0.276. The second-order valence-electron chi connectivity index (χ2n) is 5.34. The van der Waals surface area contributed by atoms with Crippen LogP contribution in [0.5, 0.6) is 0 Å². The largest absolute Gasteiger partial charge is 0.390 e. The first-order chi connectivity index (χ1) is 10.3. The molecule has 1 saturated heterocycles. The highest BCUT2D eigenvalue weighted by molar-refractivity contribution is 5.50. The van der Waals surface area contributed by atoms with Gasteiger partial charge < -0.3 is 14.9 Å². The van der Waals surface area contributed by atoms with Crippen molar-refractivity contribution in [3.63, 3.8) is 0 Å². The minimum Gasteiger partial charge on any atom is -0.390 e. The summed E-state index contributed by atoms with van der Waals surface area (Å²) >= 11 is 0. The normalized spacial score (nSPS) is 15.3. The van der Waals surface area contributed by atoms with Crippen molar-refractivity contribution in [3.8, 4) is 0 Å². The molecular weight excluding hydrogens is 264 g/mol. The maximum Gasteiger partial charge on any atom is 0.147 e. The minimum atomic E-state index is -0.0654. The van der Waals surface area contributed by atoms with E-state index in [4.69, 9.17) is 5.11 Å². The molecule has 110 valence electrons. The molecule has 0 spiro atoms. The summed E-state index contributed by atoms with van der Waals surface area (Å²) in [6, 6.07) is 8.61. The van der Waals surface area contributed by atoms with Crippen molar-refractivity contribution in [2.45, 2.75) is 13.5 Å². The Morgan fingerprint density at radius 1 is 1.10 bits per heavy atom. The van der Waals surface area contributed by atoms with Gasteiger partial charge in [-0.05, 0) is 24.6 Å². The predicted molar refractivity (Wildman–Crippen MR) is 83.6 cm³/mol. The quantitative estimate of drug-likeness (QED) is 0.928. The van der Waals surface area contributed by atoms with Crippen LogP contribution in [0.15, 0.2) is 36.7 Å². The summed E-state index contributed by atoms with van der Waals surface area (Å²) in [6.45, 7) is 5.82. The summed E-state index contributed by atoms with van der Waals surface area (Å²) in [5.74, 6) is 0.852. The zero-order valence-corrected chi connectivity index (χ0v) is 12.2. The van der Waals surface area contributed by atoms with E-state index in [1.54, 1.807) is 12.4 Å². The van der Waals surface area contributed by atoms with Gasteiger partial charge in [0.15, 0.2) is 0 Å². The van der Waals surface area contributed by atoms with Gasteiger partial charge in [-0.15, -0.1) is 0 Å². The molecule has 1 aromatic heterocycles. The predicted octanol–water partition coefficient (Wildman–Crippen LogP) is 1.60. The van der Waals surface area contributed by atoms with Crippen molar-refractivity contribution in [1.82, 2.24) is 9.97 Å². The van der Waals surface area contributed by atoms with Crippen LogP contribution in [0.25, 0.3) is 0 Å². The van der Waals surface area contributed by atoms with Crippen LogP contribution in [-0.2, 0) is 6.61 Å². The Hall–Kier alpha value is -2.14. The van der Waals surface area contributed by atoms with Crippen LogP contribution >= 0.6 is 0 Å². The van der Waals surface area contributed by atoms with Gasteiger partial charge in [0.1, 0.15) is 5.82 Å². The van der Waals surface area contributed by atoms with E-state index in [1.165, 1.54) is 11.3 Å². The third kappa shape index (κ3) is 3.13.